The van der Waals surface area contributed by atoms with Crippen molar-refractivity contribution in [2.45, 2.75) is 18.5 Å². The number of amides is 1. The van der Waals surface area contributed by atoms with Gasteiger partial charge in [-0.3, -0.25) is 19.9 Å². The summed E-state index contributed by atoms with van der Waals surface area (Å²) in [5.74, 6) is -0.127. The lowest BCUT2D eigenvalue weighted by atomic mass is 10.0. The van der Waals surface area contributed by atoms with Gasteiger partial charge in [0, 0.05) is 54.3 Å². The Hall–Kier alpha value is -5.09. The van der Waals surface area contributed by atoms with Gasteiger partial charge in [0.15, 0.2) is 5.11 Å². The Kier molecular flexibility index (Phi) is 7.13. The predicted octanol–water partition coefficient (Wildman–Crippen LogP) is 5.94. The van der Waals surface area contributed by atoms with Crippen molar-refractivity contribution in [1.29, 1.82) is 0 Å². The van der Waals surface area contributed by atoms with Gasteiger partial charge in [-0.25, -0.2) is 0 Å². The van der Waals surface area contributed by atoms with E-state index >= 15 is 0 Å². The van der Waals surface area contributed by atoms with E-state index in [1.807, 2.05) is 94.5 Å². The predicted molar refractivity (Wildman–Crippen MR) is 162 cm³/mol. The molecule has 1 fully saturated rings. The van der Waals surface area contributed by atoms with Crippen LogP contribution in [0.1, 0.15) is 29.9 Å². The summed E-state index contributed by atoms with van der Waals surface area (Å²) in [5.41, 5.74) is 3.09. The van der Waals surface area contributed by atoms with Crippen molar-refractivity contribution in [2.75, 3.05) is 11.9 Å². The number of rotatable bonds is 8. The highest BCUT2D eigenvalue weighted by molar-refractivity contribution is 7.80. The van der Waals surface area contributed by atoms with Gasteiger partial charge in [-0.05, 0) is 54.0 Å². The number of thiocarbonyl (C=S) groups is 1. The second-order valence-electron chi connectivity index (χ2n) is 9.72. The summed E-state index contributed by atoms with van der Waals surface area (Å²) >= 11 is 5.79. The van der Waals surface area contributed by atoms with E-state index in [0.717, 1.165) is 27.8 Å². The second kappa shape index (κ2) is 11.2. The molecule has 0 spiro atoms. The standard InChI is InChI=1S/C31H26N6O3S/c38-28(33-25-14-5-9-21-8-1-2-12-24(21)25)16-19-36-30(29(34-31(36)41)26-13-3-4-17-32-26)27-15-7-18-35(27)22-10-6-11-23(20-22)37(39)40/h1-15,17-18,20,29-30H,16,19H2,(H,33,38)(H,34,41)/t29-,30-/m1/s1. The molecule has 5 aromatic rings. The van der Waals surface area contributed by atoms with Crippen molar-refractivity contribution in [2.24, 2.45) is 0 Å². The number of anilines is 1. The molecular weight excluding hydrogens is 536 g/mol. The molecule has 0 bridgehead atoms. The Morgan fingerprint density at radius 2 is 1.80 bits per heavy atom. The van der Waals surface area contributed by atoms with E-state index in [2.05, 4.69) is 15.6 Å². The normalized spacial score (nSPS) is 16.5. The largest absolute Gasteiger partial charge is 0.352 e. The maximum absolute atomic E-state index is 13.2. The first kappa shape index (κ1) is 26.1. The molecule has 9 nitrogen and oxygen atoms in total. The van der Waals surface area contributed by atoms with Gasteiger partial charge in [0.05, 0.1) is 28.4 Å². The van der Waals surface area contributed by atoms with Gasteiger partial charge < -0.3 is 20.1 Å². The molecule has 204 valence electrons. The number of benzene rings is 3. The molecule has 0 saturated carbocycles. The number of pyridine rings is 1. The van der Waals surface area contributed by atoms with Crippen molar-refractivity contribution < 1.29 is 9.72 Å². The maximum Gasteiger partial charge on any atom is 0.271 e. The van der Waals surface area contributed by atoms with Gasteiger partial charge in [-0.1, -0.05) is 48.5 Å². The number of nitrogens with zero attached hydrogens (tertiary/aromatic N) is 4. The number of non-ortho nitro benzene ring substituents is 1. The minimum atomic E-state index is -0.406. The van der Waals surface area contributed by atoms with E-state index in [0.29, 0.717) is 17.3 Å². The molecule has 1 saturated heterocycles. The zero-order valence-electron chi connectivity index (χ0n) is 21.9. The Balaban J connectivity index is 1.30. The summed E-state index contributed by atoms with van der Waals surface area (Å²) in [6.07, 6.45) is 3.81. The van der Waals surface area contributed by atoms with Crippen LogP contribution >= 0.6 is 12.2 Å². The number of nitrogens with one attached hydrogen (secondary N) is 2. The van der Waals surface area contributed by atoms with Crippen LogP contribution in [-0.2, 0) is 4.79 Å². The molecule has 2 N–H and O–H groups in total. The highest BCUT2D eigenvalue weighted by Crippen LogP contribution is 2.40. The summed E-state index contributed by atoms with van der Waals surface area (Å²) in [6.45, 7) is 0.358. The van der Waals surface area contributed by atoms with Gasteiger partial charge in [0.2, 0.25) is 5.91 Å². The molecule has 0 aliphatic carbocycles. The van der Waals surface area contributed by atoms with E-state index in [1.54, 1.807) is 18.3 Å². The van der Waals surface area contributed by atoms with Crippen molar-refractivity contribution in [3.63, 3.8) is 0 Å². The average molecular weight is 563 g/mol. The van der Waals surface area contributed by atoms with Crippen molar-refractivity contribution in [3.8, 4) is 5.69 Å². The quantitative estimate of drug-likeness (QED) is 0.137. The lowest BCUT2D eigenvalue weighted by Crippen LogP contribution is -2.33. The number of carbonyl (C=O) groups excluding carboxylic acids is 1. The first-order valence-electron chi connectivity index (χ1n) is 13.2. The number of nitro groups is 1. The second-order valence-corrected chi connectivity index (χ2v) is 10.1. The summed E-state index contributed by atoms with van der Waals surface area (Å²) in [5, 5.41) is 20.5. The van der Waals surface area contributed by atoms with Crippen LogP contribution in [0.4, 0.5) is 11.4 Å². The lowest BCUT2D eigenvalue weighted by molar-refractivity contribution is -0.384. The molecule has 1 aliphatic rings. The molecule has 10 heteroatoms. The molecule has 3 aromatic carbocycles. The summed E-state index contributed by atoms with van der Waals surface area (Å²) in [6, 6.07) is 29.2. The molecule has 2 atom stereocenters. The minimum absolute atomic E-state index is 0.00505. The van der Waals surface area contributed by atoms with Crippen LogP contribution in [0.15, 0.2) is 109 Å². The van der Waals surface area contributed by atoms with E-state index in [-0.39, 0.29) is 30.1 Å². The fourth-order valence-electron chi connectivity index (χ4n) is 5.36. The zero-order chi connectivity index (χ0) is 28.3. The topological polar surface area (TPSA) is 105 Å². The number of carbonyl (C=O) groups is 1. The highest BCUT2D eigenvalue weighted by Gasteiger charge is 2.41. The van der Waals surface area contributed by atoms with E-state index < -0.39 is 4.92 Å². The first-order chi connectivity index (χ1) is 20.0. The lowest BCUT2D eigenvalue weighted by Gasteiger charge is -2.28. The average Bonchev–Trinajstić information content (AvgIpc) is 3.61. The van der Waals surface area contributed by atoms with Crippen LogP contribution in [-0.4, -0.2) is 36.9 Å². The Morgan fingerprint density at radius 3 is 2.63 bits per heavy atom. The molecule has 0 unspecified atom stereocenters. The monoisotopic (exact) mass is 562 g/mol. The molecule has 0 radical (unpaired) electrons. The third kappa shape index (κ3) is 5.24. The number of hydrogen-bond donors (Lipinski definition) is 2. The zero-order valence-corrected chi connectivity index (χ0v) is 22.7. The summed E-state index contributed by atoms with van der Waals surface area (Å²) in [7, 11) is 0. The Morgan fingerprint density at radius 1 is 1.00 bits per heavy atom. The van der Waals surface area contributed by atoms with Gasteiger partial charge >= 0.3 is 0 Å². The van der Waals surface area contributed by atoms with Crippen LogP contribution in [0.5, 0.6) is 0 Å². The highest BCUT2D eigenvalue weighted by atomic mass is 32.1. The van der Waals surface area contributed by atoms with E-state index in [1.165, 1.54) is 6.07 Å². The van der Waals surface area contributed by atoms with Crippen molar-refractivity contribution >= 4 is 45.4 Å². The third-order valence-corrected chi connectivity index (χ3v) is 7.60. The minimum Gasteiger partial charge on any atom is -0.352 e. The molecule has 2 aromatic heterocycles. The molecular formula is C31H26N6O3S. The molecule has 1 aliphatic heterocycles. The van der Waals surface area contributed by atoms with Crippen LogP contribution in [0.25, 0.3) is 16.5 Å². The SMILES string of the molecule is O=C(CCN1C(=S)N[C@H](c2ccccn2)[C@H]1c1cccn1-c1cccc([N+](=O)[O-])c1)Nc1cccc2ccccc12. The fourth-order valence-corrected chi connectivity index (χ4v) is 5.70. The van der Waals surface area contributed by atoms with Crippen LogP contribution in [0, 0.1) is 10.1 Å². The number of nitro benzene ring substituents is 1. The van der Waals surface area contributed by atoms with Crippen LogP contribution < -0.4 is 10.6 Å². The third-order valence-electron chi connectivity index (χ3n) is 7.24. The molecule has 1 amide bonds. The summed E-state index contributed by atoms with van der Waals surface area (Å²) in [4.78, 5) is 30.8. The van der Waals surface area contributed by atoms with E-state index in [9.17, 15) is 14.9 Å². The first-order valence-corrected chi connectivity index (χ1v) is 13.6. The van der Waals surface area contributed by atoms with Gasteiger partial charge in [0.25, 0.3) is 5.69 Å². The van der Waals surface area contributed by atoms with Gasteiger partial charge in [-0.2, -0.15) is 0 Å². The molecule has 41 heavy (non-hydrogen) atoms. The smallest absolute Gasteiger partial charge is 0.271 e. The fraction of sp³-hybridized carbons (Fsp3) is 0.129. The van der Waals surface area contributed by atoms with Gasteiger partial charge in [-0.15, -0.1) is 0 Å². The van der Waals surface area contributed by atoms with E-state index in [4.69, 9.17) is 12.2 Å². The Bertz CT molecular complexity index is 1750. The number of hydrogen-bond acceptors (Lipinski definition) is 5. The Labute approximate surface area is 241 Å². The molecule has 6 rings (SSSR count). The van der Waals surface area contributed by atoms with Crippen molar-refractivity contribution in [3.05, 3.63) is 131 Å². The van der Waals surface area contributed by atoms with Crippen LogP contribution in [0.3, 0.4) is 0 Å². The number of aromatic nitrogens is 2. The maximum atomic E-state index is 13.2. The van der Waals surface area contributed by atoms with Crippen LogP contribution in [0.2, 0.25) is 0 Å². The molecule has 3 heterocycles. The van der Waals surface area contributed by atoms with Crippen molar-refractivity contribution in [1.82, 2.24) is 19.8 Å². The van der Waals surface area contributed by atoms with Gasteiger partial charge in [0.1, 0.15) is 0 Å². The summed E-state index contributed by atoms with van der Waals surface area (Å²) < 4.78 is 1.92. The number of fused-ring (bicyclic) bond motifs is 1.